The van der Waals surface area contributed by atoms with Crippen LogP contribution in [0, 0.1) is 11.3 Å². The number of aromatic amines is 1. The summed E-state index contributed by atoms with van der Waals surface area (Å²) in [7, 11) is 0. The zero-order valence-electron chi connectivity index (χ0n) is 7.99. The molecular weight excluding hydrogens is 184 g/mol. The first kappa shape index (κ1) is 8.07. The lowest BCUT2D eigenvalue weighted by Gasteiger charge is -2.01. The Hall–Kier alpha value is -2.27. The number of aromatic nitrogens is 1. The molecule has 0 fully saturated rings. The standard InChI is InChI=1S/C13H8N2/c14-8-11-3-1-2-9-4-5-10-6-7-15-13(10)12(9)11/h1-7,15H. The normalized spacial score (nSPS) is 10.6. The van der Waals surface area contributed by atoms with E-state index in [0.29, 0.717) is 0 Å². The Balaban J connectivity index is 2.66. The van der Waals surface area contributed by atoms with Crippen LogP contribution in [0.1, 0.15) is 5.56 Å². The molecule has 0 unspecified atom stereocenters. The Bertz CT molecular complexity index is 686. The van der Waals surface area contributed by atoms with Gasteiger partial charge in [0.05, 0.1) is 17.1 Å². The summed E-state index contributed by atoms with van der Waals surface area (Å²) >= 11 is 0. The fourth-order valence-corrected chi connectivity index (χ4v) is 2.00. The van der Waals surface area contributed by atoms with Crippen LogP contribution in [-0.2, 0) is 0 Å². The first-order valence-corrected chi connectivity index (χ1v) is 4.79. The number of nitrogens with zero attached hydrogens (tertiary/aromatic N) is 1. The highest BCUT2D eigenvalue weighted by Crippen LogP contribution is 2.26. The molecule has 0 aliphatic carbocycles. The largest absolute Gasteiger partial charge is 0.361 e. The Morgan fingerprint density at radius 1 is 1.00 bits per heavy atom. The third-order valence-electron chi connectivity index (χ3n) is 2.69. The number of nitriles is 1. The van der Waals surface area contributed by atoms with Crippen LogP contribution in [-0.4, -0.2) is 4.98 Å². The van der Waals surface area contributed by atoms with E-state index in [1.807, 2.05) is 36.5 Å². The minimum atomic E-state index is 0.723. The maximum atomic E-state index is 9.07. The minimum absolute atomic E-state index is 0.723. The van der Waals surface area contributed by atoms with E-state index in [1.165, 1.54) is 0 Å². The first-order valence-electron chi connectivity index (χ1n) is 4.79. The zero-order valence-corrected chi connectivity index (χ0v) is 7.99. The molecule has 70 valence electrons. The predicted octanol–water partition coefficient (Wildman–Crippen LogP) is 3.19. The number of benzene rings is 2. The number of nitrogens with one attached hydrogen (secondary N) is 1. The molecule has 2 nitrogen and oxygen atoms in total. The van der Waals surface area contributed by atoms with Crippen molar-refractivity contribution in [1.29, 1.82) is 5.26 Å². The van der Waals surface area contributed by atoms with E-state index in [4.69, 9.17) is 5.26 Å². The molecule has 0 aliphatic rings. The van der Waals surface area contributed by atoms with Gasteiger partial charge in [0.1, 0.15) is 0 Å². The molecule has 0 atom stereocenters. The maximum Gasteiger partial charge on any atom is 0.0998 e. The topological polar surface area (TPSA) is 39.6 Å². The number of H-pyrrole nitrogens is 1. The second-order valence-corrected chi connectivity index (χ2v) is 3.52. The van der Waals surface area contributed by atoms with Crippen molar-refractivity contribution in [3.63, 3.8) is 0 Å². The molecule has 0 saturated carbocycles. The van der Waals surface area contributed by atoms with E-state index in [0.717, 1.165) is 27.2 Å². The lowest BCUT2D eigenvalue weighted by atomic mass is 10.0. The predicted molar refractivity (Wildman–Crippen MR) is 60.5 cm³/mol. The second-order valence-electron chi connectivity index (χ2n) is 3.52. The van der Waals surface area contributed by atoms with Crippen LogP contribution in [0.15, 0.2) is 42.6 Å². The van der Waals surface area contributed by atoms with Gasteiger partial charge in [-0.05, 0) is 17.5 Å². The fraction of sp³-hybridized carbons (Fsp3) is 0. The van der Waals surface area contributed by atoms with Gasteiger partial charge in [-0.25, -0.2) is 0 Å². The van der Waals surface area contributed by atoms with E-state index >= 15 is 0 Å². The van der Waals surface area contributed by atoms with Gasteiger partial charge in [-0.2, -0.15) is 5.26 Å². The third kappa shape index (κ3) is 1.04. The van der Waals surface area contributed by atoms with E-state index in [9.17, 15) is 0 Å². The number of rotatable bonds is 0. The molecule has 1 aromatic heterocycles. The van der Waals surface area contributed by atoms with Gasteiger partial charge in [0, 0.05) is 17.0 Å². The minimum Gasteiger partial charge on any atom is -0.361 e. The van der Waals surface area contributed by atoms with Crippen LogP contribution in [0.5, 0.6) is 0 Å². The highest BCUT2D eigenvalue weighted by atomic mass is 14.7. The Kier molecular flexibility index (Phi) is 1.54. The van der Waals surface area contributed by atoms with Crippen molar-refractivity contribution in [2.45, 2.75) is 0 Å². The molecule has 0 bridgehead atoms. The molecule has 0 spiro atoms. The van der Waals surface area contributed by atoms with Crippen LogP contribution in [0.4, 0.5) is 0 Å². The van der Waals surface area contributed by atoms with Crippen LogP contribution in [0.3, 0.4) is 0 Å². The molecule has 0 radical (unpaired) electrons. The average Bonchev–Trinajstić information content (AvgIpc) is 2.76. The van der Waals surface area contributed by atoms with Gasteiger partial charge in [-0.3, -0.25) is 0 Å². The number of fused-ring (bicyclic) bond motifs is 3. The molecule has 15 heavy (non-hydrogen) atoms. The van der Waals surface area contributed by atoms with Gasteiger partial charge in [0.2, 0.25) is 0 Å². The maximum absolute atomic E-state index is 9.07. The summed E-state index contributed by atoms with van der Waals surface area (Å²) in [5, 5.41) is 12.3. The summed E-state index contributed by atoms with van der Waals surface area (Å²) < 4.78 is 0. The van der Waals surface area contributed by atoms with E-state index < -0.39 is 0 Å². The van der Waals surface area contributed by atoms with Gasteiger partial charge in [0.15, 0.2) is 0 Å². The van der Waals surface area contributed by atoms with Crippen molar-refractivity contribution >= 4 is 21.7 Å². The van der Waals surface area contributed by atoms with Crippen molar-refractivity contribution in [2.24, 2.45) is 0 Å². The zero-order chi connectivity index (χ0) is 10.3. The van der Waals surface area contributed by atoms with Crippen molar-refractivity contribution in [3.05, 3.63) is 48.2 Å². The third-order valence-corrected chi connectivity index (χ3v) is 2.69. The van der Waals surface area contributed by atoms with Crippen molar-refractivity contribution in [2.75, 3.05) is 0 Å². The molecule has 1 heterocycles. The second kappa shape index (κ2) is 2.86. The lowest BCUT2D eigenvalue weighted by molar-refractivity contribution is 1.48. The average molecular weight is 192 g/mol. The van der Waals surface area contributed by atoms with Gasteiger partial charge in [-0.15, -0.1) is 0 Å². The summed E-state index contributed by atoms with van der Waals surface area (Å²) in [4.78, 5) is 3.19. The smallest absolute Gasteiger partial charge is 0.0998 e. The number of hydrogen-bond acceptors (Lipinski definition) is 1. The highest BCUT2D eigenvalue weighted by molar-refractivity contribution is 6.08. The molecular formula is C13H8N2. The quantitative estimate of drug-likeness (QED) is 0.583. The molecule has 0 saturated heterocycles. The number of hydrogen-bond donors (Lipinski definition) is 1. The summed E-state index contributed by atoms with van der Waals surface area (Å²) in [6.45, 7) is 0. The van der Waals surface area contributed by atoms with E-state index in [-0.39, 0.29) is 0 Å². The van der Waals surface area contributed by atoms with Crippen LogP contribution in [0.25, 0.3) is 21.7 Å². The first-order chi connectivity index (χ1) is 7.40. The summed E-state index contributed by atoms with van der Waals surface area (Å²) in [6.07, 6.45) is 1.90. The van der Waals surface area contributed by atoms with Crippen molar-refractivity contribution < 1.29 is 0 Å². The van der Waals surface area contributed by atoms with Crippen molar-refractivity contribution in [3.8, 4) is 6.07 Å². The van der Waals surface area contributed by atoms with Crippen LogP contribution >= 0.6 is 0 Å². The Morgan fingerprint density at radius 2 is 1.87 bits per heavy atom. The monoisotopic (exact) mass is 192 g/mol. The summed E-state index contributed by atoms with van der Waals surface area (Å²) in [6, 6.07) is 14.1. The Morgan fingerprint density at radius 3 is 2.73 bits per heavy atom. The van der Waals surface area contributed by atoms with Crippen LogP contribution < -0.4 is 0 Å². The summed E-state index contributed by atoms with van der Waals surface area (Å²) in [5.74, 6) is 0. The molecule has 0 aliphatic heterocycles. The van der Waals surface area contributed by atoms with Gasteiger partial charge < -0.3 is 4.98 Å². The summed E-state index contributed by atoms with van der Waals surface area (Å²) in [5.41, 5.74) is 1.77. The van der Waals surface area contributed by atoms with Crippen LogP contribution in [0.2, 0.25) is 0 Å². The van der Waals surface area contributed by atoms with Crippen molar-refractivity contribution in [1.82, 2.24) is 4.98 Å². The molecule has 2 heteroatoms. The highest BCUT2D eigenvalue weighted by Gasteiger charge is 2.05. The SMILES string of the molecule is N#Cc1cccc2ccc3cc[nH]c3c12. The lowest BCUT2D eigenvalue weighted by Crippen LogP contribution is -1.81. The van der Waals surface area contributed by atoms with E-state index in [1.54, 1.807) is 0 Å². The Labute approximate surface area is 86.8 Å². The van der Waals surface area contributed by atoms with E-state index in [2.05, 4.69) is 17.1 Å². The van der Waals surface area contributed by atoms with Gasteiger partial charge in [0.25, 0.3) is 0 Å². The fourth-order valence-electron chi connectivity index (χ4n) is 2.00. The molecule has 2 aromatic carbocycles. The van der Waals surface area contributed by atoms with Gasteiger partial charge in [-0.1, -0.05) is 24.3 Å². The molecule has 3 aromatic rings. The molecule has 3 rings (SSSR count). The molecule has 1 N–H and O–H groups in total. The molecule has 0 amide bonds. The van der Waals surface area contributed by atoms with Gasteiger partial charge >= 0.3 is 0 Å².